The average Bonchev–Trinajstić information content (AvgIpc) is 3.22. The molecule has 0 aromatic heterocycles. The summed E-state index contributed by atoms with van der Waals surface area (Å²) in [5, 5.41) is 23.1. The van der Waals surface area contributed by atoms with Crippen LogP contribution in [-0.4, -0.2) is 47.4 Å². The molecule has 0 aromatic rings. The summed E-state index contributed by atoms with van der Waals surface area (Å²) in [5.74, 6) is -0.111. The molecule has 2 unspecified atom stereocenters. The van der Waals surface area contributed by atoms with Crippen LogP contribution in [0, 0.1) is 0 Å². The van der Waals surface area contributed by atoms with Gasteiger partial charge in [0.25, 0.3) is 0 Å². The molecule has 0 aliphatic rings. The van der Waals surface area contributed by atoms with E-state index in [0.717, 1.165) is 57.8 Å². The molecule has 3 N–H and O–H groups in total. The fourth-order valence-corrected chi connectivity index (χ4v) is 7.74. The normalized spacial score (nSPS) is 12.8. The standard InChI is InChI=1S/C52H99NO5/c1-3-5-7-9-11-13-15-17-19-20-21-24-28-32-36-40-44-50(55)49(48-54)53-51(56)45-41-37-33-29-25-23-27-31-35-39-43-47-58-52(57)46-42-38-34-30-26-22-18-16-14-12-10-8-6-4-2/h16,18,40,44,49-50,54-55H,3-15,17,19-39,41-43,45-48H2,1-2H3,(H,53,56)/b18-16-,44-40+. The zero-order valence-corrected chi connectivity index (χ0v) is 38.8. The van der Waals surface area contributed by atoms with Gasteiger partial charge in [-0.1, -0.05) is 224 Å². The van der Waals surface area contributed by atoms with Gasteiger partial charge >= 0.3 is 5.97 Å². The van der Waals surface area contributed by atoms with Gasteiger partial charge in [0.15, 0.2) is 0 Å². The third-order valence-electron chi connectivity index (χ3n) is 11.7. The topological polar surface area (TPSA) is 95.9 Å². The monoisotopic (exact) mass is 818 g/mol. The quantitative estimate of drug-likeness (QED) is 0.0323. The molecule has 0 heterocycles. The predicted octanol–water partition coefficient (Wildman–Crippen LogP) is 15.1. The van der Waals surface area contributed by atoms with E-state index in [1.807, 2.05) is 6.08 Å². The molecule has 1 amide bonds. The molecule has 2 atom stereocenters. The summed E-state index contributed by atoms with van der Waals surface area (Å²) >= 11 is 0. The van der Waals surface area contributed by atoms with E-state index in [-0.39, 0.29) is 18.5 Å². The molecule has 342 valence electrons. The van der Waals surface area contributed by atoms with Crippen molar-refractivity contribution < 1.29 is 24.5 Å². The third-order valence-corrected chi connectivity index (χ3v) is 11.7. The molecule has 0 aliphatic heterocycles. The molecule has 0 radical (unpaired) electrons. The molecule has 0 saturated heterocycles. The smallest absolute Gasteiger partial charge is 0.305 e. The predicted molar refractivity (Wildman–Crippen MR) is 250 cm³/mol. The van der Waals surface area contributed by atoms with Gasteiger partial charge in [0.05, 0.1) is 25.4 Å². The number of hydrogen-bond donors (Lipinski definition) is 3. The summed E-state index contributed by atoms with van der Waals surface area (Å²) in [7, 11) is 0. The maximum absolute atomic E-state index is 12.4. The molecule has 0 saturated carbocycles. The number of hydrogen-bond acceptors (Lipinski definition) is 5. The average molecular weight is 818 g/mol. The van der Waals surface area contributed by atoms with E-state index < -0.39 is 12.1 Å². The number of allylic oxidation sites excluding steroid dienone is 3. The molecule has 0 fully saturated rings. The van der Waals surface area contributed by atoms with Crippen molar-refractivity contribution in [1.29, 1.82) is 0 Å². The molecule has 0 bridgehead atoms. The van der Waals surface area contributed by atoms with Gasteiger partial charge in [-0.3, -0.25) is 9.59 Å². The summed E-state index contributed by atoms with van der Waals surface area (Å²) in [6.07, 6.45) is 56.0. The maximum Gasteiger partial charge on any atom is 0.305 e. The largest absolute Gasteiger partial charge is 0.466 e. The van der Waals surface area contributed by atoms with Crippen molar-refractivity contribution in [3.05, 3.63) is 24.3 Å². The second-order valence-corrected chi connectivity index (χ2v) is 17.5. The van der Waals surface area contributed by atoms with Crippen LogP contribution in [-0.2, 0) is 14.3 Å². The lowest BCUT2D eigenvalue weighted by molar-refractivity contribution is -0.143. The Morgan fingerprint density at radius 3 is 1.22 bits per heavy atom. The second-order valence-electron chi connectivity index (χ2n) is 17.5. The number of rotatable bonds is 47. The SMILES string of the molecule is CCCCCCC/C=C\CCCCCCCC(=O)OCCCCCCCCCCCCCC(=O)NC(CO)C(O)/C=C/CCCCCCCCCCCCCCCC. The summed E-state index contributed by atoms with van der Waals surface area (Å²) in [6, 6.07) is -0.641. The van der Waals surface area contributed by atoms with Gasteiger partial charge in [-0.25, -0.2) is 0 Å². The number of ether oxygens (including phenoxy) is 1. The van der Waals surface area contributed by atoms with E-state index in [4.69, 9.17) is 4.74 Å². The van der Waals surface area contributed by atoms with Gasteiger partial charge < -0.3 is 20.3 Å². The van der Waals surface area contributed by atoms with E-state index in [2.05, 4.69) is 31.3 Å². The Bertz CT molecular complexity index is 904. The van der Waals surface area contributed by atoms with Crippen LogP contribution in [0.25, 0.3) is 0 Å². The van der Waals surface area contributed by atoms with Crippen LogP contribution in [0.5, 0.6) is 0 Å². The van der Waals surface area contributed by atoms with E-state index in [1.165, 1.54) is 186 Å². The van der Waals surface area contributed by atoms with Crippen molar-refractivity contribution in [2.45, 2.75) is 283 Å². The van der Waals surface area contributed by atoms with Crippen molar-refractivity contribution >= 4 is 11.9 Å². The third kappa shape index (κ3) is 43.9. The van der Waals surface area contributed by atoms with E-state index in [9.17, 15) is 19.8 Å². The fraction of sp³-hybridized carbons (Fsp3) is 0.885. The minimum Gasteiger partial charge on any atom is -0.466 e. The Kier molecular flexibility index (Phi) is 46.6. The van der Waals surface area contributed by atoms with Crippen LogP contribution in [0.2, 0.25) is 0 Å². The number of carbonyl (C=O) groups excluding carboxylic acids is 2. The molecule has 58 heavy (non-hydrogen) atoms. The highest BCUT2D eigenvalue weighted by Crippen LogP contribution is 2.15. The molecule has 6 nitrogen and oxygen atoms in total. The van der Waals surface area contributed by atoms with Gasteiger partial charge in [-0.15, -0.1) is 0 Å². The van der Waals surface area contributed by atoms with Crippen molar-refractivity contribution in [3.63, 3.8) is 0 Å². The van der Waals surface area contributed by atoms with Crippen LogP contribution >= 0.6 is 0 Å². The Labute approximate surface area is 361 Å². The highest BCUT2D eigenvalue weighted by Gasteiger charge is 2.18. The Balaban J connectivity index is 3.52. The molecule has 0 rings (SSSR count). The van der Waals surface area contributed by atoms with Crippen LogP contribution < -0.4 is 5.32 Å². The van der Waals surface area contributed by atoms with Crippen LogP contribution in [0.1, 0.15) is 271 Å². The van der Waals surface area contributed by atoms with Crippen molar-refractivity contribution in [1.82, 2.24) is 5.32 Å². The molecular formula is C52H99NO5. The lowest BCUT2D eigenvalue weighted by Crippen LogP contribution is -2.45. The summed E-state index contributed by atoms with van der Waals surface area (Å²) in [5.41, 5.74) is 0. The number of esters is 1. The zero-order chi connectivity index (χ0) is 42.3. The van der Waals surface area contributed by atoms with Gasteiger partial charge in [-0.05, 0) is 57.8 Å². The van der Waals surface area contributed by atoms with Gasteiger partial charge in [0.2, 0.25) is 5.91 Å². The number of aliphatic hydroxyl groups excluding tert-OH is 2. The van der Waals surface area contributed by atoms with Crippen LogP contribution in [0.3, 0.4) is 0 Å². The Morgan fingerprint density at radius 2 is 0.810 bits per heavy atom. The summed E-state index contributed by atoms with van der Waals surface area (Å²) in [6.45, 7) is 4.85. The molecule has 0 aliphatic carbocycles. The molecular weight excluding hydrogens is 719 g/mol. The van der Waals surface area contributed by atoms with Gasteiger partial charge in [0, 0.05) is 12.8 Å². The highest BCUT2D eigenvalue weighted by molar-refractivity contribution is 5.76. The minimum atomic E-state index is -0.856. The zero-order valence-electron chi connectivity index (χ0n) is 38.8. The van der Waals surface area contributed by atoms with Gasteiger partial charge in [0.1, 0.15) is 0 Å². The lowest BCUT2D eigenvalue weighted by atomic mass is 10.0. The number of amides is 1. The molecule has 0 aromatic carbocycles. The van der Waals surface area contributed by atoms with E-state index >= 15 is 0 Å². The molecule has 0 spiro atoms. The Hall–Kier alpha value is -1.66. The van der Waals surface area contributed by atoms with E-state index in [1.54, 1.807) is 6.08 Å². The number of carbonyl (C=O) groups is 2. The van der Waals surface area contributed by atoms with Crippen LogP contribution in [0.15, 0.2) is 24.3 Å². The first-order chi connectivity index (χ1) is 28.5. The summed E-state index contributed by atoms with van der Waals surface area (Å²) < 4.78 is 5.45. The van der Waals surface area contributed by atoms with Crippen LogP contribution in [0.4, 0.5) is 0 Å². The summed E-state index contributed by atoms with van der Waals surface area (Å²) in [4.78, 5) is 24.4. The van der Waals surface area contributed by atoms with E-state index in [0.29, 0.717) is 19.4 Å². The molecule has 6 heteroatoms. The first kappa shape index (κ1) is 56.3. The van der Waals surface area contributed by atoms with Crippen molar-refractivity contribution in [2.75, 3.05) is 13.2 Å². The fourth-order valence-electron chi connectivity index (χ4n) is 7.74. The first-order valence-electron chi connectivity index (χ1n) is 25.6. The van der Waals surface area contributed by atoms with Crippen molar-refractivity contribution in [3.8, 4) is 0 Å². The van der Waals surface area contributed by atoms with Crippen molar-refractivity contribution in [2.24, 2.45) is 0 Å². The first-order valence-corrected chi connectivity index (χ1v) is 25.6. The Morgan fingerprint density at radius 1 is 0.466 bits per heavy atom. The number of aliphatic hydroxyl groups is 2. The second kappa shape index (κ2) is 48.0. The number of unbranched alkanes of at least 4 members (excludes halogenated alkanes) is 34. The lowest BCUT2D eigenvalue weighted by Gasteiger charge is -2.20. The minimum absolute atomic E-state index is 0.0241. The maximum atomic E-state index is 12.4. The highest BCUT2D eigenvalue weighted by atomic mass is 16.5. The number of nitrogens with one attached hydrogen (secondary N) is 1. The van der Waals surface area contributed by atoms with Gasteiger partial charge in [-0.2, -0.15) is 0 Å².